The number of carbonyl (C=O) groups is 1. The molecule has 3 rings (SSSR count). The van der Waals surface area contributed by atoms with Gasteiger partial charge in [0, 0.05) is 24.0 Å². The van der Waals surface area contributed by atoms with Crippen molar-refractivity contribution in [3.8, 4) is 11.3 Å². The van der Waals surface area contributed by atoms with Crippen LogP contribution in [0.2, 0.25) is 0 Å². The van der Waals surface area contributed by atoms with Crippen LogP contribution < -0.4 is 16.0 Å². The van der Waals surface area contributed by atoms with E-state index in [2.05, 4.69) is 32.8 Å². The summed E-state index contributed by atoms with van der Waals surface area (Å²) in [5.41, 5.74) is 4.42. The van der Waals surface area contributed by atoms with E-state index in [1.54, 1.807) is 18.6 Å². The van der Waals surface area contributed by atoms with E-state index in [1.165, 1.54) is 0 Å². The summed E-state index contributed by atoms with van der Waals surface area (Å²) in [6.45, 7) is 6.57. The number of nitrogens with zero attached hydrogens (tertiary/aromatic N) is 3. The maximum Gasteiger partial charge on any atom is 0.319 e. The second-order valence-electron chi connectivity index (χ2n) is 7.04. The summed E-state index contributed by atoms with van der Waals surface area (Å²) < 4.78 is 0. The Kier molecular flexibility index (Phi) is 8.94. The van der Waals surface area contributed by atoms with Gasteiger partial charge in [-0.2, -0.15) is 0 Å². The van der Waals surface area contributed by atoms with Crippen molar-refractivity contribution in [2.24, 2.45) is 0 Å². The van der Waals surface area contributed by atoms with Crippen LogP contribution in [0.3, 0.4) is 0 Å². The van der Waals surface area contributed by atoms with E-state index in [-0.39, 0.29) is 19.5 Å². The molecule has 164 valence electrons. The van der Waals surface area contributed by atoms with Crippen molar-refractivity contribution in [2.45, 2.75) is 47.1 Å². The molecule has 2 heterocycles. The van der Waals surface area contributed by atoms with Gasteiger partial charge in [-0.1, -0.05) is 32.9 Å². The molecule has 0 saturated heterocycles. The molecule has 7 heteroatoms. The van der Waals surface area contributed by atoms with Gasteiger partial charge in [0.05, 0.1) is 29.8 Å². The zero-order chi connectivity index (χ0) is 21.3. The van der Waals surface area contributed by atoms with Crippen molar-refractivity contribution in [1.29, 1.82) is 0 Å². The average molecular weight is 421 g/mol. The van der Waals surface area contributed by atoms with E-state index in [1.807, 2.05) is 50.2 Å². The minimum Gasteiger partial charge on any atom is -0.360 e. The van der Waals surface area contributed by atoms with Gasteiger partial charge in [0.25, 0.3) is 0 Å². The lowest BCUT2D eigenvalue weighted by atomic mass is 10.1. The molecule has 0 aliphatic rings. The topological polar surface area (TPSA) is 91.8 Å². The lowest BCUT2D eigenvalue weighted by Gasteiger charge is -2.18. The van der Waals surface area contributed by atoms with Gasteiger partial charge in [0.1, 0.15) is 5.82 Å². The van der Waals surface area contributed by atoms with Crippen molar-refractivity contribution >= 4 is 17.5 Å². The second-order valence-corrected chi connectivity index (χ2v) is 7.04. The second kappa shape index (κ2) is 11.6. The molecule has 2 amide bonds. The predicted molar refractivity (Wildman–Crippen MR) is 127 cm³/mol. The monoisotopic (exact) mass is 420 g/mol. The van der Waals surface area contributed by atoms with E-state index >= 15 is 0 Å². The summed E-state index contributed by atoms with van der Waals surface area (Å²) >= 11 is 0. The van der Waals surface area contributed by atoms with Gasteiger partial charge in [0.2, 0.25) is 0 Å². The Morgan fingerprint density at radius 2 is 1.97 bits per heavy atom. The molecule has 1 aromatic carbocycles. The van der Waals surface area contributed by atoms with Gasteiger partial charge in [-0.05, 0) is 50.1 Å². The number of pyridine rings is 1. The number of aryl methyl sites for hydroxylation is 1. The highest BCUT2D eigenvalue weighted by molar-refractivity contribution is 5.90. The number of benzene rings is 1. The number of rotatable bonds is 8. The standard InChI is InChI=1S/C23H28N6O.CH4/c1-4-8-20(19-9-6-7-12-26-19)27-22-15-24-14-21(28-22)17-10-11-18(16(3)13-17)29-23(30)25-5-2;/h6-7,9-15,20H,4-5,8H2,1-3H3,(H,27,28)(H2,25,29,30);1H4. The van der Waals surface area contributed by atoms with Crippen LogP contribution in [0.1, 0.15) is 51.4 Å². The molecule has 0 aliphatic carbocycles. The highest BCUT2D eigenvalue weighted by atomic mass is 16.2. The lowest BCUT2D eigenvalue weighted by molar-refractivity contribution is 0.252. The predicted octanol–water partition coefficient (Wildman–Crippen LogP) is 5.58. The highest BCUT2D eigenvalue weighted by Crippen LogP contribution is 2.26. The molecule has 3 N–H and O–H groups in total. The summed E-state index contributed by atoms with van der Waals surface area (Å²) in [4.78, 5) is 25.4. The first-order valence-corrected chi connectivity index (χ1v) is 10.3. The van der Waals surface area contributed by atoms with Gasteiger partial charge >= 0.3 is 6.03 Å². The Balaban J connectivity index is 0.00000341. The molecular formula is C24H32N6O. The number of amides is 2. The van der Waals surface area contributed by atoms with Gasteiger partial charge in [0.15, 0.2) is 0 Å². The fraction of sp³-hybridized carbons (Fsp3) is 0.333. The molecule has 0 saturated carbocycles. The third-order valence-corrected chi connectivity index (χ3v) is 4.69. The van der Waals surface area contributed by atoms with E-state index in [0.717, 1.165) is 41.0 Å². The van der Waals surface area contributed by atoms with Gasteiger partial charge in [-0.15, -0.1) is 0 Å². The smallest absolute Gasteiger partial charge is 0.319 e. The van der Waals surface area contributed by atoms with Crippen molar-refractivity contribution in [3.05, 3.63) is 66.2 Å². The molecule has 0 fully saturated rings. The van der Waals surface area contributed by atoms with Crippen LogP contribution in [0.4, 0.5) is 16.3 Å². The molecule has 0 aliphatic heterocycles. The molecule has 1 atom stereocenters. The quantitative estimate of drug-likeness (QED) is 0.442. The fourth-order valence-corrected chi connectivity index (χ4v) is 3.21. The van der Waals surface area contributed by atoms with Crippen molar-refractivity contribution < 1.29 is 4.79 Å². The van der Waals surface area contributed by atoms with Crippen LogP contribution in [-0.4, -0.2) is 27.5 Å². The minimum absolute atomic E-state index is 0. The minimum atomic E-state index is -0.212. The molecule has 31 heavy (non-hydrogen) atoms. The van der Waals surface area contributed by atoms with E-state index in [0.29, 0.717) is 12.4 Å². The molecule has 3 aromatic rings. The summed E-state index contributed by atoms with van der Waals surface area (Å²) in [5.74, 6) is 0.707. The molecule has 0 spiro atoms. The third kappa shape index (κ3) is 6.50. The Bertz CT molecular complexity index is 977. The van der Waals surface area contributed by atoms with Gasteiger partial charge in [-0.3, -0.25) is 9.97 Å². The van der Waals surface area contributed by atoms with Crippen LogP contribution >= 0.6 is 0 Å². The molecule has 1 unspecified atom stereocenters. The van der Waals surface area contributed by atoms with Gasteiger partial charge < -0.3 is 16.0 Å². The number of anilines is 2. The first-order chi connectivity index (χ1) is 14.6. The van der Waals surface area contributed by atoms with E-state index < -0.39 is 0 Å². The SMILES string of the molecule is C.CCCC(Nc1cncc(-c2ccc(NC(=O)NCC)c(C)c2)n1)c1ccccn1. The number of nitrogens with one attached hydrogen (secondary N) is 3. The summed E-state index contributed by atoms with van der Waals surface area (Å²) in [7, 11) is 0. The van der Waals surface area contributed by atoms with Crippen LogP contribution in [0.15, 0.2) is 55.0 Å². The lowest BCUT2D eigenvalue weighted by Crippen LogP contribution is -2.28. The summed E-state index contributed by atoms with van der Waals surface area (Å²) in [6, 6.07) is 11.6. The van der Waals surface area contributed by atoms with Crippen molar-refractivity contribution in [3.63, 3.8) is 0 Å². The fourth-order valence-electron chi connectivity index (χ4n) is 3.21. The molecule has 2 aromatic heterocycles. The molecule has 0 radical (unpaired) electrons. The van der Waals surface area contributed by atoms with Crippen molar-refractivity contribution in [2.75, 3.05) is 17.2 Å². The van der Waals surface area contributed by atoms with E-state index in [4.69, 9.17) is 4.98 Å². The molecule has 7 nitrogen and oxygen atoms in total. The summed E-state index contributed by atoms with van der Waals surface area (Å²) in [5, 5.41) is 9.06. The Morgan fingerprint density at radius 3 is 2.65 bits per heavy atom. The van der Waals surface area contributed by atoms with Crippen LogP contribution in [0.25, 0.3) is 11.3 Å². The number of urea groups is 1. The maximum atomic E-state index is 11.8. The van der Waals surface area contributed by atoms with Crippen molar-refractivity contribution in [1.82, 2.24) is 20.3 Å². The zero-order valence-electron chi connectivity index (χ0n) is 17.6. The maximum absolute atomic E-state index is 11.8. The Morgan fingerprint density at radius 1 is 1.13 bits per heavy atom. The number of aromatic nitrogens is 3. The first-order valence-electron chi connectivity index (χ1n) is 10.3. The normalized spacial score (nSPS) is 11.2. The number of hydrogen-bond donors (Lipinski definition) is 3. The number of carbonyl (C=O) groups excluding carboxylic acids is 1. The summed E-state index contributed by atoms with van der Waals surface area (Å²) in [6.07, 6.45) is 7.25. The molecule has 0 bridgehead atoms. The zero-order valence-corrected chi connectivity index (χ0v) is 17.6. The molecular weight excluding hydrogens is 388 g/mol. The van der Waals surface area contributed by atoms with E-state index in [9.17, 15) is 4.79 Å². The van der Waals surface area contributed by atoms with Crippen LogP contribution in [0.5, 0.6) is 0 Å². The third-order valence-electron chi connectivity index (χ3n) is 4.69. The van der Waals surface area contributed by atoms with Crippen LogP contribution in [-0.2, 0) is 0 Å². The highest BCUT2D eigenvalue weighted by Gasteiger charge is 2.13. The van der Waals surface area contributed by atoms with Gasteiger partial charge in [-0.25, -0.2) is 9.78 Å². The number of hydrogen-bond acceptors (Lipinski definition) is 5. The first kappa shape index (κ1) is 23.8. The Labute approximate surface area is 184 Å². The largest absolute Gasteiger partial charge is 0.360 e. The average Bonchev–Trinajstić information content (AvgIpc) is 2.76. The Hall–Kier alpha value is -3.48. The van der Waals surface area contributed by atoms with Crippen LogP contribution in [0, 0.1) is 6.92 Å².